The zero-order valence-corrected chi connectivity index (χ0v) is 23.0. The Morgan fingerprint density at radius 2 is 1.50 bits per heavy atom. The largest absolute Gasteiger partial charge is 0.504 e. The monoisotopic (exact) mass is 579 g/mol. The Balaban J connectivity index is 2.01. The average molecular weight is 579 g/mol. The molecule has 1 aromatic carbocycles. The Labute approximate surface area is 215 Å². The third kappa shape index (κ3) is 4.41. The highest BCUT2D eigenvalue weighted by Crippen LogP contribution is 2.55. The number of phenolic OH excluding ortho intramolecular Hbond substituents is 1. The highest BCUT2D eigenvalue weighted by atomic mass is 127. The maximum atomic E-state index is 13.7. The molecule has 34 heavy (non-hydrogen) atoms. The van der Waals surface area contributed by atoms with Gasteiger partial charge in [-0.1, -0.05) is 27.7 Å². The number of carbonyl (C=O) groups excluding carboxylic acids is 2. The van der Waals surface area contributed by atoms with Gasteiger partial charge in [-0.15, -0.1) is 0 Å². The van der Waals surface area contributed by atoms with Crippen LogP contribution in [-0.2, 0) is 14.3 Å². The fourth-order valence-corrected chi connectivity index (χ4v) is 6.38. The molecular weight excluding hydrogens is 545 g/mol. The number of allylic oxidation sites excluding steroid dienone is 4. The second kappa shape index (κ2) is 8.97. The van der Waals surface area contributed by atoms with Crippen molar-refractivity contribution < 1.29 is 24.2 Å². The highest BCUT2D eigenvalue weighted by molar-refractivity contribution is 14.1. The summed E-state index contributed by atoms with van der Waals surface area (Å²) >= 11 is 2.08. The van der Waals surface area contributed by atoms with Crippen molar-refractivity contribution >= 4 is 34.2 Å². The van der Waals surface area contributed by atoms with Crippen LogP contribution in [-0.4, -0.2) is 48.9 Å². The van der Waals surface area contributed by atoms with E-state index in [2.05, 4.69) is 55.2 Å². The lowest BCUT2D eigenvalue weighted by Crippen LogP contribution is -2.45. The summed E-state index contributed by atoms with van der Waals surface area (Å²) < 4.78 is 11.5. The van der Waals surface area contributed by atoms with Gasteiger partial charge in [-0.2, -0.15) is 0 Å². The maximum absolute atomic E-state index is 13.7. The number of rotatable bonds is 5. The summed E-state index contributed by atoms with van der Waals surface area (Å²) in [6, 6.07) is 3.66. The van der Waals surface area contributed by atoms with Crippen LogP contribution in [0.2, 0.25) is 0 Å². The number of carbonyl (C=O) groups is 2. The van der Waals surface area contributed by atoms with E-state index in [9.17, 15) is 14.7 Å². The average Bonchev–Trinajstić information content (AvgIpc) is 2.72. The third-order valence-corrected chi connectivity index (χ3v) is 7.97. The number of halogens is 1. The molecule has 1 aromatic rings. The molecule has 0 atom stereocenters. The van der Waals surface area contributed by atoms with Gasteiger partial charge in [0.05, 0.1) is 17.3 Å². The van der Waals surface area contributed by atoms with Gasteiger partial charge < -0.3 is 19.5 Å². The number of phenols is 1. The lowest BCUT2D eigenvalue weighted by atomic mass is 9.63. The van der Waals surface area contributed by atoms with Crippen LogP contribution >= 0.6 is 22.6 Å². The minimum atomic E-state index is -0.459. The summed E-state index contributed by atoms with van der Waals surface area (Å²) in [4.78, 5) is 29.7. The van der Waals surface area contributed by atoms with Gasteiger partial charge in [-0.05, 0) is 64.0 Å². The Morgan fingerprint density at radius 1 is 0.971 bits per heavy atom. The van der Waals surface area contributed by atoms with Gasteiger partial charge >= 0.3 is 0 Å². The number of benzene rings is 1. The molecule has 6 nitrogen and oxygen atoms in total. The van der Waals surface area contributed by atoms with E-state index >= 15 is 0 Å². The molecule has 0 radical (unpaired) electrons. The predicted octanol–water partition coefficient (Wildman–Crippen LogP) is 5.34. The van der Waals surface area contributed by atoms with E-state index in [-0.39, 0.29) is 28.1 Å². The van der Waals surface area contributed by atoms with Gasteiger partial charge in [0.15, 0.2) is 23.1 Å². The summed E-state index contributed by atoms with van der Waals surface area (Å²) in [5.74, 6) is 0.133. The number of hydrogen-bond acceptors (Lipinski definition) is 6. The van der Waals surface area contributed by atoms with E-state index in [0.717, 1.165) is 29.8 Å². The molecule has 0 fully saturated rings. The number of aromatic hydroxyl groups is 1. The zero-order chi connectivity index (χ0) is 25.0. The van der Waals surface area contributed by atoms with Crippen molar-refractivity contribution in [3.8, 4) is 11.5 Å². The third-order valence-electron chi connectivity index (χ3n) is 7.14. The molecule has 0 saturated heterocycles. The Morgan fingerprint density at radius 3 is 1.97 bits per heavy atom. The molecule has 0 amide bonds. The SMILES string of the molecule is COCCN1C2=C(C(=O)CC(C)(C)C2)C(c2cc(I)c(O)c(OC)c2)C2=C1CC(C)(C)CC2=O. The van der Waals surface area contributed by atoms with E-state index < -0.39 is 5.92 Å². The van der Waals surface area contributed by atoms with Crippen molar-refractivity contribution in [2.45, 2.75) is 59.3 Å². The van der Waals surface area contributed by atoms with E-state index in [1.165, 1.54) is 7.11 Å². The van der Waals surface area contributed by atoms with Crippen molar-refractivity contribution in [3.05, 3.63) is 43.8 Å². The first-order valence-electron chi connectivity index (χ1n) is 11.7. The molecule has 1 N–H and O–H groups in total. The van der Waals surface area contributed by atoms with Gasteiger partial charge in [0, 0.05) is 55.0 Å². The van der Waals surface area contributed by atoms with Crippen molar-refractivity contribution in [3.63, 3.8) is 0 Å². The molecule has 0 saturated carbocycles. The van der Waals surface area contributed by atoms with E-state index in [1.54, 1.807) is 13.2 Å². The van der Waals surface area contributed by atoms with Gasteiger partial charge in [-0.25, -0.2) is 0 Å². The molecule has 1 heterocycles. The normalized spacial score (nSPS) is 22.1. The fourth-order valence-electron chi connectivity index (χ4n) is 5.75. The topological polar surface area (TPSA) is 76.1 Å². The predicted molar refractivity (Wildman–Crippen MR) is 139 cm³/mol. The number of nitrogens with zero attached hydrogens (tertiary/aromatic N) is 1. The lowest BCUT2D eigenvalue weighted by Gasteiger charge is -2.49. The minimum absolute atomic E-state index is 0.0694. The number of ether oxygens (including phenoxy) is 2. The van der Waals surface area contributed by atoms with Crippen molar-refractivity contribution in [1.82, 2.24) is 4.90 Å². The van der Waals surface area contributed by atoms with Gasteiger partial charge in [0.25, 0.3) is 0 Å². The first-order valence-corrected chi connectivity index (χ1v) is 12.8. The smallest absolute Gasteiger partial charge is 0.171 e. The van der Waals surface area contributed by atoms with Crippen LogP contribution in [0.25, 0.3) is 0 Å². The number of Topliss-reactive ketones (excluding diaryl/α,β-unsaturated/α-hetero) is 2. The number of ketones is 2. The molecule has 0 bridgehead atoms. The molecule has 3 aliphatic rings. The molecule has 7 heteroatoms. The second-order valence-corrected chi connectivity index (χ2v) is 12.4. The standard InChI is InChI=1S/C27H34INO5/c1-26(2)11-17-23(19(30)13-26)22(15-9-16(28)25(32)21(10-15)34-6)24-18(29(17)7-8-33-5)12-27(3,4)14-20(24)31/h9-10,22,32H,7-8,11-14H2,1-6H3. The molecule has 4 rings (SSSR count). The molecule has 184 valence electrons. The molecule has 1 aliphatic heterocycles. The molecular formula is C27H34INO5. The summed E-state index contributed by atoms with van der Waals surface area (Å²) in [7, 11) is 3.19. The van der Waals surface area contributed by atoms with E-state index in [4.69, 9.17) is 9.47 Å². The molecule has 2 aliphatic carbocycles. The minimum Gasteiger partial charge on any atom is -0.504 e. The summed E-state index contributed by atoms with van der Waals surface area (Å²) in [5, 5.41) is 10.5. The Kier molecular flexibility index (Phi) is 6.66. The van der Waals surface area contributed by atoms with Gasteiger partial charge in [-0.3, -0.25) is 9.59 Å². The van der Waals surface area contributed by atoms with Crippen molar-refractivity contribution in [2.75, 3.05) is 27.4 Å². The number of methoxy groups -OCH3 is 2. The van der Waals surface area contributed by atoms with Crippen LogP contribution in [0.4, 0.5) is 0 Å². The zero-order valence-electron chi connectivity index (χ0n) is 20.9. The Bertz CT molecular complexity index is 1060. The quantitative estimate of drug-likeness (QED) is 0.475. The van der Waals surface area contributed by atoms with Crippen LogP contribution in [0.3, 0.4) is 0 Å². The molecule has 0 spiro atoms. The molecule has 0 unspecified atom stereocenters. The first kappa shape index (κ1) is 25.2. The summed E-state index contributed by atoms with van der Waals surface area (Å²) in [6.07, 6.45) is 2.39. The van der Waals surface area contributed by atoms with Gasteiger partial charge in [0.2, 0.25) is 0 Å². The maximum Gasteiger partial charge on any atom is 0.171 e. The van der Waals surface area contributed by atoms with Crippen LogP contribution < -0.4 is 4.74 Å². The van der Waals surface area contributed by atoms with Crippen molar-refractivity contribution in [1.29, 1.82) is 0 Å². The van der Waals surface area contributed by atoms with Crippen LogP contribution in [0.1, 0.15) is 64.9 Å². The fraction of sp³-hybridized carbons (Fsp3) is 0.556. The van der Waals surface area contributed by atoms with Crippen molar-refractivity contribution in [2.24, 2.45) is 10.8 Å². The summed E-state index contributed by atoms with van der Waals surface area (Å²) in [5.41, 5.74) is 3.92. The number of hydrogen-bond donors (Lipinski definition) is 1. The lowest BCUT2D eigenvalue weighted by molar-refractivity contribution is -0.119. The van der Waals surface area contributed by atoms with E-state index in [0.29, 0.717) is 46.5 Å². The first-order chi connectivity index (χ1) is 15.9. The van der Waals surface area contributed by atoms with E-state index in [1.807, 2.05) is 6.07 Å². The summed E-state index contributed by atoms with van der Waals surface area (Å²) in [6.45, 7) is 9.63. The highest BCUT2D eigenvalue weighted by Gasteiger charge is 2.49. The van der Waals surface area contributed by atoms with Gasteiger partial charge in [0.1, 0.15) is 0 Å². The van der Waals surface area contributed by atoms with Crippen LogP contribution in [0.5, 0.6) is 11.5 Å². The second-order valence-electron chi connectivity index (χ2n) is 11.2. The Hall–Kier alpha value is -1.87. The van der Waals surface area contributed by atoms with Crippen LogP contribution in [0.15, 0.2) is 34.7 Å². The molecule has 0 aromatic heterocycles. The van der Waals surface area contributed by atoms with Crippen LogP contribution in [0, 0.1) is 14.4 Å².